The van der Waals surface area contributed by atoms with Gasteiger partial charge in [-0.25, -0.2) is 4.98 Å². The summed E-state index contributed by atoms with van der Waals surface area (Å²) in [7, 11) is 5.03. The molecule has 27 heavy (non-hydrogen) atoms. The number of hydrogen-bond acceptors (Lipinski definition) is 5. The summed E-state index contributed by atoms with van der Waals surface area (Å²) in [6.07, 6.45) is 5.18. The maximum absolute atomic E-state index is 12.9. The molecule has 0 aliphatic rings. The fourth-order valence-electron chi connectivity index (χ4n) is 3.01. The summed E-state index contributed by atoms with van der Waals surface area (Å²) in [5, 5.41) is 3.06. The zero-order chi connectivity index (χ0) is 19.4. The molecule has 0 aliphatic carbocycles. The molecule has 0 fully saturated rings. The van der Waals surface area contributed by atoms with Crippen molar-refractivity contribution in [1.29, 1.82) is 0 Å². The molecule has 7 nitrogen and oxygen atoms in total. The maximum Gasteiger partial charge on any atom is 0.253 e. The molecular formula is C20H22N4O3. The van der Waals surface area contributed by atoms with E-state index >= 15 is 0 Å². The Labute approximate surface area is 158 Å². The molecule has 1 amide bonds. The van der Waals surface area contributed by atoms with Crippen LogP contribution in [-0.2, 0) is 7.05 Å². The van der Waals surface area contributed by atoms with Gasteiger partial charge in [-0.3, -0.25) is 9.78 Å². The number of nitrogens with one attached hydrogen (secondary N) is 1. The van der Waals surface area contributed by atoms with Gasteiger partial charge in [0, 0.05) is 36.9 Å². The van der Waals surface area contributed by atoms with Crippen molar-refractivity contribution in [3.8, 4) is 11.5 Å². The Kier molecular flexibility index (Phi) is 5.40. The highest BCUT2D eigenvalue weighted by Gasteiger charge is 2.26. The molecule has 0 radical (unpaired) electrons. The van der Waals surface area contributed by atoms with E-state index in [0.717, 1.165) is 5.56 Å². The number of ether oxygens (including phenoxy) is 2. The van der Waals surface area contributed by atoms with Gasteiger partial charge in [0.2, 0.25) is 0 Å². The lowest BCUT2D eigenvalue weighted by molar-refractivity contribution is 0.0939. The highest BCUT2D eigenvalue weighted by Crippen LogP contribution is 2.36. The van der Waals surface area contributed by atoms with Crippen LogP contribution in [0.5, 0.6) is 11.5 Å². The molecule has 2 aromatic heterocycles. The van der Waals surface area contributed by atoms with Crippen molar-refractivity contribution in [2.75, 3.05) is 14.2 Å². The summed E-state index contributed by atoms with van der Waals surface area (Å²) in [5.74, 6) is 1.58. The van der Waals surface area contributed by atoms with Crippen molar-refractivity contribution in [3.05, 3.63) is 71.6 Å². The van der Waals surface area contributed by atoms with Crippen molar-refractivity contribution < 1.29 is 14.3 Å². The number of carbonyl (C=O) groups is 1. The first-order chi connectivity index (χ1) is 13.1. The van der Waals surface area contributed by atoms with Gasteiger partial charge in [0.25, 0.3) is 5.91 Å². The van der Waals surface area contributed by atoms with Crippen LogP contribution in [0.15, 0.2) is 48.9 Å². The molecule has 3 rings (SSSR count). The van der Waals surface area contributed by atoms with Gasteiger partial charge in [-0.1, -0.05) is 12.1 Å². The Bertz CT molecular complexity index is 952. The summed E-state index contributed by atoms with van der Waals surface area (Å²) in [6.45, 7) is 1.80. The lowest BCUT2D eigenvalue weighted by atomic mass is 10.0. The van der Waals surface area contributed by atoms with E-state index in [0.29, 0.717) is 28.6 Å². The van der Waals surface area contributed by atoms with Crippen LogP contribution in [0.25, 0.3) is 0 Å². The van der Waals surface area contributed by atoms with Gasteiger partial charge in [0.05, 0.1) is 19.8 Å². The minimum absolute atomic E-state index is 0.238. The summed E-state index contributed by atoms with van der Waals surface area (Å²) in [4.78, 5) is 21.6. The summed E-state index contributed by atoms with van der Waals surface area (Å²) in [5.41, 5.74) is 1.92. The molecule has 0 saturated heterocycles. The van der Waals surface area contributed by atoms with Gasteiger partial charge in [0.1, 0.15) is 11.9 Å². The number of amides is 1. The van der Waals surface area contributed by atoms with E-state index in [2.05, 4.69) is 15.3 Å². The smallest absolute Gasteiger partial charge is 0.253 e. The normalized spacial score (nSPS) is 11.7. The first kappa shape index (κ1) is 18.4. The van der Waals surface area contributed by atoms with Crippen LogP contribution < -0.4 is 14.8 Å². The Morgan fingerprint density at radius 2 is 1.93 bits per heavy atom. The van der Waals surface area contributed by atoms with Crippen LogP contribution in [0.4, 0.5) is 0 Å². The lowest BCUT2D eigenvalue weighted by Crippen LogP contribution is -2.32. The number of aryl methyl sites for hydroxylation is 2. The van der Waals surface area contributed by atoms with E-state index in [-0.39, 0.29) is 5.91 Å². The third kappa shape index (κ3) is 3.62. The number of carbonyl (C=O) groups excluding carboxylic acids is 1. The molecule has 0 spiro atoms. The van der Waals surface area contributed by atoms with Crippen LogP contribution >= 0.6 is 0 Å². The minimum Gasteiger partial charge on any atom is -0.493 e. The second-order valence-corrected chi connectivity index (χ2v) is 6.02. The molecule has 1 aromatic carbocycles. The zero-order valence-corrected chi connectivity index (χ0v) is 15.8. The average Bonchev–Trinajstić information content (AvgIpc) is 3.11. The first-order valence-corrected chi connectivity index (χ1v) is 8.47. The molecular weight excluding hydrogens is 344 g/mol. The highest BCUT2D eigenvalue weighted by atomic mass is 16.5. The van der Waals surface area contributed by atoms with Gasteiger partial charge in [-0.15, -0.1) is 0 Å². The van der Waals surface area contributed by atoms with Crippen molar-refractivity contribution >= 4 is 5.91 Å². The third-order valence-corrected chi connectivity index (χ3v) is 4.39. The number of hydrogen-bond donors (Lipinski definition) is 1. The third-order valence-electron chi connectivity index (χ3n) is 4.39. The number of nitrogens with zero attached hydrogens (tertiary/aromatic N) is 3. The van der Waals surface area contributed by atoms with Crippen LogP contribution in [0.3, 0.4) is 0 Å². The maximum atomic E-state index is 12.9. The number of aromatic nitrogens is 3. The predicted octanol–water partition coefficient (Wildman–Crippen LogP) is 2.66. The van der Waals surface area contributed by atoms with Crippen LogP contribution in [0, 0.1) is 6.92 Å². The monoisotopic (exact) mass is 366 g/mol. The van der Waals surface area contributed by atoms with Gasteiger partial charge < -0.3 is 19.4 Å². The molecule has 0 bridgehead atoms. The van der Waals surface area contributed by atoms with Crippen LogP contribution in [0.1, 0.15) is 33.5 Å². The largest absolute Gasteiger partial charge is 0.493 e. The zero-order valence-electron chi connectivity index (χ0n) is 15.8. The fraction of sp³-hybridized carbons (Fsp3) is 0.250. The van der Waals surface area contributed by atoms with E-state index < -0.39 is 6.04 Å². The molecule has 140 valence electrons. The Hall–Kier alpha value is -3.35. The van der Waals surface area contributed by atoms with Crippen molar-refractivity contribution in [1.82, 2.24) is 19.9 Å². The number of pyridine rings is 1. The minimum atomic E-state index is -0.526. The summed E-state index contributed by atoms with van der Waals surface area (Å²) < 4.78 is 12.8. The van der Waals surface area contributed by atoms with Gasteiger partial charge >= 0.3 is 0 Å². The van der Waals surface area contributed by atoms with Gasteiger partial charge in [-0.2, -0.15) is 0 Å². The Balaban J connectivity index is 2.08. The van der Waals surface area contributed by atoms with Crippen LogP contribution in [0.2, 0.25) is 0 Å². The second-order valence-electron chi connectivity index (χ2n) is 6.02. The molecule has 2 heterocycles. The highest BCUT2D eigenvalue weighted by molar-refractivity contribution is 5.95. The van der Waals surface area contributed by atoms with Crippen LogP contribution in [-0.4, -0.2) is 34.7 Å². The summed E-state index contributed by atoms with van der Waals surface area (Å²) >= 11 is 0. The molecule has 0 unspecified atom stereocenters. The number of methoxy groups -OCH3 is 2. The Morgan fingerprint density at radius 1 is 1.11 bits per heavy atom. The topological polar surface area (TPSA) is 78.3 Å². The molecule has 1 N–H and O–H groups in total. The first-order valence-electron chi connectivity index (χ1n) is 8.47. The number of benzene rings is 1. The van der Waals surface area contributed by atoms with E-state index in [1.807, 2.05) is 36.0 Å². The number of rotatable bonds is 6. The standard InChI is InChI=1S/C20H22N4O3/c1-13-14(8-6-10-21-13)20(25)23-17(19-22-11-12-24(19)2)15-7-5-9-16(26-3)18(15)27-4/h5-12,17H,1-4H3,(H,23,25)/t17-/m0/s1. The molecule has 7 heteroatoms. The van der Waals surface area contributed by atoms with Gasteiger partial charge in [0.15, 0.2) is 11.5 Å². The van der Waals surface area contributed by atoms with Crippen molar-refractivity contribution in [2.24, 2.45) is 7.05 Å². The predicted molar refractivity (Wildman–Crippen MR) is 101 cm³/mol. The van der Waals surface area contributed by atoms with Crippen molar-refractivity contribution in [3.63, 3.8) is 0 Å². The Morgan fingerprint density at radius 3 is 2.56 bits per heavy atom. The molecule has 3 aromatic rings. The lowest BCUT2D eigenvalue weighted by Gasteiger charge is -2.22. The molecule has 0 saturated carbocycles. The number of para-hydroxylation sites is 1. The van der Waals surface area contributed by atoms with Crippen molar-refractivity contribution in [2.45, 2.75) is 13.0 Å². The fourth-order valence-corrected chi connectivity index (χ4v) is 3.01. The SMILES string of the molecule is COc1cccc([C@H](NC(=O)c2cccnc2C)c2nccn2C)c1OC. The summed E-state index contributed by atoms with van der Waals surface area (Å²) in [6, 6.07) is 8.51. The quantitative estimate of drug-likeness (QED) is 0.726. The molecule has 1 atom stereocenters. The van der Waals surface area contributed by atoms with E-state index in [9.17, 15) is 4.79 Å². The average molecular weight is 366 g/mol. The second kappa shape index (κ2) is 7.90. The number of imidazole rings is 1. The molecule has 0 aliphatic heterocycles. The van der Waals surface area contributed by atoms with Gasteiger partial charge in [-0.05, 0) is 25.1 Å². The van der Waals surface area contributed by atoms with E-state index in [1.165, 1.54) is 0 Å². The van der Waals surface area contributed by atoms with E-state index in [1.54, 1.807) is 45.7 Å². The van der Waals surface area contributed by atoms with E-state index in [4.69, 9.17) is 9.47 Å².